The van der Waals surface area contributed by atoms with E-state index < -0.39 is 24.6 Å². The van der Waals surface area contributed by atoms with E-state index in [4.69, 9.17) is 28.3 Å². The van der Waals surface area contributed by atoms with Crippen LogP contribution in [0, 0.1) is 0 Å². The summed E-state index contributed by atoms with van der Waals surface area (Å²) < 4.78 is 40.3. The van der Waals surface area contributed by atoms with Crippen LogP contribution in [0.15, 0.2) is 71.7 Å². The molecule has 7 nitrogen and oxygen atoms in total. The zero-order chi connectivity index (χ0) is 31.7. The van der Waals surface area contributed by atoms with Crippen molar-refractivity contribution in [3.63, 3.8) is 0 Å². The molecule has 0 aliphatic heterocycles. The van der Waals surface area contributed by atoms with Gasteiger partial charge in [0.1, 0.15) is 6.54 Å². The van der Waals surface area contributed by atoms with Crippen molar-refractivity contribution in [1.82, 2.24) is 5.32 Å². The molecule has 0 unspecified atom stereocenters. The molecule has 0 atom stereocenters. The Hall–Kier alpha value is -3.76. The number of aliphatic carboxylic acids is 1. The maximum Gasteiger partial charge on any atom is 0.408 e. The third kappa shape index (κ3) is 10.2. The van der Waals surface area contributed by atoms with E-state index in [-0.39, 0.29) is 25.5 Å². The summed E-state index contributed by atoms with van der Waals surface area (Å²) in [6, 6.07) is 18.9. The zero-order valence-corrected chi connectivity index (χ0v) is 25.4. The Morgan fingerprint density at radius 3 is 2.16 bits per heavy atom. The Morgan fingerprint density at radius 1 is 0.932 bits per heavy atom. The quantitative estimate of drug-likeness (QED) is 0.152. The van der Waals surface area contributed by atoms with E-state index in [0.717, 1.165) is 12.8 Å². The van der Waals surface area contributed by atoms with E-state index in [0.29, 0.717) is 38.5 Å². The predicted octanol–water partition coefficient (Wildman–Crippen LogP) is 8.28. The number of alkyl halides is 3. The maximum atomic E-state index is 13.4. The van der Waals surface area contributed by atoms with E-state index in [1.54, 1.807) is 41.3 Å². The van der Waals surface area contributed by atoms with Crippen LogP contribution in [0.4, 0.5) is 24.5 Å². The normalized spacial score (nSPS) is 14.2. The minimum Gasteiger partial charge on any atom is -0.481 e. The second kappa shape index (κ2) is 15.3. The first-order chi connectivity index (χ1) is 21.0. The largest absolute Gasteiger partial charge is 0.481 e. The summed E-state index contributed by atoms with van der Waals surface area (Å²) in [6.45, 7) is -1.32. The predicted molar refractivity (Wildman–Crippen MR) is 168 cm³/mol. The van der Waals surface area contributed by atoms with E-state index >= 15 is 0 Å². The van der Waals surface area contributed by atoms with Crippen molar-refractivity contribution in [3.8, 4) is 0 Å². The molecule has 0 radical (unpaired) electrons. The molecule has 0 heterocycles. The van der Waals surface area contributed by atoms with Gasteiger partial charge in [-0.1, -0.05) is 66.7 Å². The summed E-state index contributed by atoms with van der Waals surface area (Å²) in [5.74, 6) is -1.07. The molecule has 234 valence electrons. The number of nitrogens with zero attached hydrogens (tertiary/aromatic N) is 2. The smallest absolute Gasteiger partial charge is 0.408 e. The van der Waals surface area contributed by atoms with Gasteiger partial charge in [0.2, 0.25) is 5.96 Å². The summed E-state index contributed by atoms with van der Waals surface area (Å²) in [5, 5.41) is 14.9. The summed E-state index contributed by atoms with van der Waals surface area (Å²) in [6.07, 6.45) is 1.03. The minimum absolute atomic E-state index is 0.0151. The highest BCUT2D eigenvalue weighted by molar-refractivity contribution is 6.35. The maximum absolute atomic E-state index is 13.4. The highest BCUT2D eigenvalue weighted by atomic mass is 35.5. The SMILES string of the molecule is O=C(O)CCNC(=O)c1ccc(CN(/C(=N\CC(F)(F)F)Nc2cc(Cl)cc(Cl)c2)c2ccc(C3CCCCC3)cc2)cc1. The minimum atomic E-state index is -4.55. The molecule has 0 saturated heterocycles. The summed E-state index contributed by atoms with van der Waals surface area (Å²) in [5.41, 5.74) is 3.17. The molecule has 0 aromatic heterocycles. The Labute approximate surface area is 264 Å². The number of rotatable bonds is 10. The van der Waals surface area contributed by atoms with Crippen LogP contribution >= 0.6 is 23.2 Å². The fraction of sp³-hybridized carbons (Fsp3) is 0.344. The van der Waals surface area contributed by atoms with Gasteiger partial charge in [0.25, 0.3) is 5.91 Å². The number of carboxylic acids is 1. The fourth-order valence-corrected chi connectivity index (χ4v) is 5.62. The molecule has 1 fully saturated rings. The lowest BCUT2D eigenvalue weighted by Crippen LogP contribution is -2.37. The molecule has 1 aliphatic carbocycles. The van der Waals surface area contributed by atoms with Crippen LogP contribution in [0.2, 0.25) is 10.0 Å². The van der Waals surface area contributed by atoms with Gasteiger partial charge in [-0.3, -0.25) is 9.59 Å². The number of aliphatic imine (C=N–C) groups is 1. The summed E-state index contributed by atoms with van der Waals surface area (Å²) in [4.78, 5) is 28.7. The number of halogens is 5. The Balaban J connectivity index is 1.66. The first-order valence-corrected chi connectivity index (χ1v) is 15.0. The molecule has 1 aliphatic rings. The topological polar surface area (TPSA) is 94.0 Å². The van der Waals surface area contributed by atoms with Crippen LogP contribution in [0.5, 0.6) is 0 Å². The van der Waals surface area contributed by atoms with Crippen molar-refractivity contribution >= 4 is 52.4 Å². The highest BCUT2D eigenvalue weighted by Gasteiger charge is 2.28. The number of nitrogens with one attached hydrogen (secondary N) is 2. The molecule has 3 aromatic carbocycles. The van der Waals surface area contributed by atoms with Crippen molar-refractivity contribution in [2.45, 2.75) is 57.2 Å². The molecule has 44 heavy (non-hydrogen) atoms. The Kier molecular flexibility index (Phi) is 11.5. The molecule has 1 saturated carbocycles. The number of anilines is 2. The zero-order valence-electron chi connectivity index (χ0n) is 23.8. The number of hydrogen-bond acceptors (Lipinski definition) is 3. The van der Waals surface area contributed by atoms with Gasteiger partial charge in [0.05, 0.1) is 13.0 Å². The van der Waals surface area contributed by atoms with Gasteiger partial charge in [-0.05, 0) is 72.4 Å². The molecule has 0 spiro atoms. The van der Waals surface area contributed by atoms with Crippen LogP contribution < -0.4 is 15.5 Å². The fourth-order valence-electron chi connectivity index (χ4n) is 5.09. The van der Waals surface area contributed by atoms with Crippen LogP contribution in [0.25, 0.3) is 0 Å². The molecule has 3 N–H and O–H groups in total. The third-order valence-corrected chi connectivity index (χ3v) is 7.68. The van der Waals surface area contributed by atoms with E-state index in [1.165, 1.54) is 30.9 Å². The number of carbonyl (C=O) groups excluding carboxylic acids is 1. The van der Waals surface area contributed by atoms with Gasteiger partial charge in [0, 0.05) is 33.5 Å². The first kappa shape index (κ1) is 33.1. The number of guanidine groups is 1. The molecule has 4 rings (SSSR count). The van der Waals surface area contributed by atoms with Crippen molar-refractivity contribution in [3.05, 3.63) is 93.5 Å². The van der Waals surface area contributed by atoms with Crippen LogP contribution in [0.3, 0.4) is 0 Å². The Bertz CT molecular complexity index is 1440. The number of carbonyl (C=O) groups is 2. The lowest BCUT2D eigenvalue weighted by atomic mass is 9.84. The molecule has 12 heteroatoms. The summed E-state index contributed by atoms with van der Waals surface area (Å²) >= 11 is 12.3. The lowest BCUT2D eigenvalue weighted by molar-refractivity contribution is -0.136. The van der Waals surface area contributed by atoms with Crippen LogP contribution in [-0.2, 0) is 11.3 Å². The van der Waals surface area contributed by atoms with Gasteiger partial charge in [-0.2, -0.15) is 13.2 Å². The number of benzene rings is 3. The van der Waals surface area contributed by atoms with E-state index in [1.807, 2.05) is 24.3 Å². The van der Waals surface area contributed by atoms with Gasteiger partial charge in [-0.25, -0.2) is 4.99 Å². The lowest BCUT2D eigenvalue weighted by Gasteiger charge is -2.29. The van der Waals surface area contributed by atoms with Crippen LogP contribution in [0.1, 0.15) is 65.9 Å². The number of amides is 1. The molecular formula is C32H33Cl2F3N4O3. The second-order valence-electron chi connectivity index (χ2n) is 10.6. The summed E-state index contributed by atoms with van der Waals surface area (Å²) in [7, 11) is 0. The number of hydrogen-bond donors (Lipinski definition) is 3. The second-order valence-corrected chi connectivity index (χ2v) is 11.5. The monoisotopic (exact) mass is 648 g/mol. The van der Waals surface area contributed by atoms with Gasteiger partial charge in [0.15, 0.2) is 0 Å². The molecule has 1 amide bonds. The van der Waals surface area contributed by atoms with Gasteiger partial charge in [-0.15, -0.1) is 0 Å². The third-order valence-electron chi connectivity index (χ3n) is 7.25. The van der Waals surface area contributed by atoms with Crippen molar-refractivity contribution in [1.29, 1.82) is 0 Å². The van der Waals surface area contributed by atoms with Crippen molar-refractivity contribution in [2.24, 2.45) is 4.99 Å². The van der Waals surface area contributed by atoms with Crippen LogP contribution in [-0.4, -0.2) is 42.2 Å². The highest BCUT2D eigenvalue weighted by Crippen LogP contribution is 2.34. The van der Waals surface area contributed by atoms with E-state index in [9.17, 15) is 22.8 Å². The van der Waals surface area contributed by atoms with Crippen molar-refractivity contribution < 1.29 is 27.9 Å². The average Bonchev–Trinajstić information content (AvgIpc) is 2.98. The number of carboxylic acid groups (broad SMARTS) is 1. The van der Waals surface area contributed by atoms with Gasteiger partial charge < -0.3 is 20.6 Å². The first-order valence-electron chi connectivity index (χ1n) is 14.3. The molecule has 3 aromatic rings. The standard InChI is InChI=1S/C32H33Cl2F3N4O3/c33-25-16-26(34)18-27(17-25)40-31(39-20-32(35,36)37)41(28-12-10-23(11-13-28)22-4-2-1-3-5-22)19-21-6-8-24(9-7-21)30(44)38-15-14-29(42)43/h6-13,16-18,22H,1-5,14-15,19-20H2,(H,38,44)(H,39,40)(H,42,43). The molecule has 0 bridgehead atoms. The Morgan fingerprint density at radius 2 is 1.57 bits per heavy atom. The molecular weight excluding hydrogens is 616 g/mol. The van der Waals surface area contributed by atoms with Gasteiger partial charge >= 0.3 is 12.1 Å². The van der Waals surface area contributed by atoms with Crippen molar-refractivity contribution in [2.75, 3.05) is 23.3 Å². The van der Waals surface area contributed by atoms with E-state index in [2.05, 4.69) is 15.6 Å². The average molecular weight is 650 g/mol.